The Balaban J connectivity index is 0.000000187. The van der Waals surface area contributed by atoms with Crippen molar-refractivity contribution in [1.29, 1.82) is 0 Å². The first-order valence-corrected chi connectivity index (χ1v) is 3.99. The van der Waals surface area contributed by atoms with E-state index in [1.54, 1.807) is 0 Å². The van der Waals surface area contributed by atoms with Crippen molar-refractivity contribution in [3.63, 3.8) is 0 Å². The molecule has 0 atom stereocenters. The molecule has 0 fully saturated rings. The van der Waals surface area contributed by atoms with Crippen molar-refractivity contribution in [2.45, 2.75) is 13.8 Å². The summed E-state index contributed by atoms with van der Waals surface area (Å²) in [7, 11) is 0. The van der Waals surface area contributed by atoms with Gasteiger partial charge in [-0.2, -0.15) is 0 Å². The molecule has 0 aliphatic heterocycles. The van der Waals surface area contributed by atoms with E-state index in [4.69, 9.17) is 4.74 Å². The molecule has 0 radical (unpaired) electrons. The Hall–Kier alpha value is -0.625. The van der Waals surface area contributed by atoms with Gasteiger partial charge < -0.3 is 4.74 Å². The molecule has 0 amide bonds. The fourth-order valence-electron chi connectivity index (χ4n) is 0.589. The Morgan fingerprint density at radius 1 is 1.00 bits per heavy atom. The predicted molar refractivity (Wildman–Crippen MR) is 50.0 cm³/mol. The molecule has 0 saturated heterocycles. The summed E-state index contributed by atoms with van der Waals surface area (Å²) in [6.07, 6.45) is 0. The number of rotatable bonds is 2. The van der Waals surface area contributed by atoms with Gasteiger partial charge in [0.25, 0.3) is 0 Å². The Bertz CT molecular complexity index is 113. The SMILES string of the molecule is CCOCC.b1ccccc1. The predicted octanol–water partition coefficient (Wildman–Crippen LogP) is 2.07. The molecule has 0 bridgehead atoms. The second kappa shape index (κ2) is 9.37. The molecule has 1 rings (SSSR count). The Kier molecular flexibility index (Phi) is 8.84. The summed E-state index contributed by atoms with van der Waals surface area (Å²) in [6, 6.07) is 6.00. The molecule has 1 aromatic heterocycles. The van der Waals surface area contributed by atoms with E-state index in [2.05, 4.69) is 0 Å². The van der Waals surface area contributed by atoms with Crippen molar-refractivity contribution in [2.24, 2.45) is 0 Å². The molecule has 0 unspecified atom stereocenters. The number of hydrogen-bond acceptors (Lipinski definition) is 1. The van der Waals surface area contributed by atoms with Crippen LogP contribution in [0, 0.1) is 0 Å². The fourth-order valence-corrected chi connectivity index (χ4v) is 0.589. The van der Waals surface area contributed by atoms with Gasteiger partial charge in [0.1, 0.15) is 0 Å². The van der Waals surface area contributed by atoms with Gasteiger partial charge in [0.05, 0.1) is 0 Å². The van der Waals surface area contributed by atoms with E-state index in [1.165, 1.54) is 0 Å². The zero-order valence-corrected chi connectivity index (χ0v) is 7.29. The third kappa shape index (κ3) is 9.37. The zero-order valence-electron chi connectivity index (χ0n) is 7.29. The van der Waals surface area contributed by atoms with Crippen molar-refractivity contribution in [2.75, 3.05) is 13.2 Å². The maximum atomic E-state index is 4.83. The van der Waals surface area contributed by atoms with E-state index >= 15 is 0 Å². The van der Waals surface area contributed by atoms with E-state index in [0.29, 0.717) is 0 Å². The van der Waals surface area contributed by atoms with Crippen LogP contribution in [0.25, 0.3) is 0 Å². The van der Waals surface area contributed by atoms with E-state index in [1.807, 2.05) is 50.9 Å². The van der Waals surface area contributed by atoms with Crippen LogP contribution in [0.3, 0.4) is 0 Å². The molecule has 0 aromatic carbocycles. The first-order chi connectivity index (χ1) is 5.41. The second-order valence-corrected chi connectivity index (χ2v) is 1.94. The van der Waals surface area contributed by atoms with Crippen molar-refractivity contribution in [3.8, 4) is 0 Å². The van der Waals surface area contributed by atoms with Gasteiger partial charge in [-0.15, -0.1) is 0 Å². The molecule has 1 aromatic rings. The average molecular weight is 150 g/mol. The summed E-state index contributed by atoms with van der Waals surface area (Å²) in [5.41, 5.74) is 0. The van der Waals surface area contributed by atoms with Crippen LogP contribution >= 0.6 is 0 Å². The zero-order chi connectivity index (χ0) is 8.36. The third-order valence-electron chi connectivity index (χ3n) is 1.07. The van der Waals surface area contributed by atoms with Crippen LogP contribution in [-0.2, 0) is 4.74 Å². The molecular formula is C9H15BO. The van der Waals surface area contributed by atoms with Gasteiger partial charge in [-0.05, 0) is 13.8 Å². The average Bonchev–Trinajstić information content (AvgIpc) is 2.10. The van der Waals surface area contributed by atoms with Crippen LogP contribution in [0.15, 0.2) is 30.1 Å². The van der Waals surface area contributed by atoms with Crippen molar-refractivity contribution in [1.82, 2.24) is 0 Å². The monoisotopic (exact) mass is 150 g/mol. The van der Waals surface area contributed by atoms with Crippen molar-refractivity contribution in [3.05, 3.63) is 30.1 Å². The van der Waals surface area contributed by atoms with Crippen molar-refractivity contribution >= 4 is 6.91 Å². The summed E-state index contributed by atoms with van der Waals surface area (Å²) in [5.74, 6) is 4.00. The molecule has 0 aliphatic rings. The number of ether oxygens (including phenoxy) is 1. The Labute approximate surface area is 69.6 Å². The Morgan fingerprint density at radius 3 is 1.64 bits per heavy atom. The van der Waals surface area contributed by atoms with E-state index in [9.17, 15) is 0 Å². The molecular weight excluding hydrogens is 135 g/mol. The Morgan fingerprint density at radius 2 is 1.55 bits per heavy atom. The summed E-state index contributed by atoms with van der Waals surface area (Å²) < 4.78 is 4.83. The minimum absolute atomic E-state index is 0.844. The topological polar surface area (TPSA) is 9.23 Å². The van der Waals surface area contributed by atoms with Crippen LogP contribution in [0.4, 0.5) is 0 Å². The normalized spacial score (nSPS) is 7.82. The van der Waals surface area contributed by atoms with Gasteiger partial charge in [0.15, 0.2) is 0 Å². The van der Waals surface area contributed by atoms with Crippen LogP contribution in [0.1, 0.15) is 13.8 Å². The first-order valence-electron chi connectivity index (χ1n) is 3.99. The van der Waals surface area contributed by atoms with Crippen LogP contribution in [0.5, 0.6) is 0 Å². The molecule has 2 heteroatoms. The second-order valence-electron chi connectivity index (χ2n) is 1.94. The molecule has 11 heavy (non-hydrogen) atoms. The van der Waals surface area contributed by atoms with Crippen molar-refractivity contribution < 1.29 is 4.74 Å². The fraction of sp³-hybridized carbons (Fsp3) is 0.444. The summed E-state index contributed by atoms with van der Waals surface area (Å²) >= 11 is 0. The van der Waals surface area contributed by atoms with Gasteiger partial charge in [0, 0.05) is 13.2 Å². The summed E-state index contributed by atoms with van der Waals surface area (Å²) in [5, 5.41) is 0. The molecule has 1 heterocycles. The van der Waals surface area contributed by atoms with E-state index in [0.717, 1.165) is 13.2 Å². The van der Waals surface area contributed by atoms with Gasteiger partial charge in [-0.25, -0.2) is 0 Å². The number of hydrogen-bond donors (Lipinski definition) is 0. The van der Waals surface area contributed by atoms with Gasteiger partial charge in [0.2, 0.25) is 0 Å². The quantitative estimate of drug-likeness (QED) is 0.626. The van der Waals surface area contributed by atoms with Crippen LogP contribution in [-0.4, -0.2) is 20.1 Å². The van der Waals surface area contributed by atoms with Crippen LogP contribution in [0.2, 0.25) is 0 Å². The molecule has 0 aliphatic carbocycles. The van der Waals surface area contributed by atoms with Gasteiger partial charge in [-0.1, -0.05) is 0 Å². The molecule has 0 N–H and O–H groups in total. The van der Waals surface area contributed by atoms with Crippen LogP contribution < -0.4 is 0 Å². The summed E-state index contributed by atoms with van der Waals surface area (Å²) in [4.78, 5) is 0. The minimum atomic E-state index is 0.844. The van der Waals surface area contributed by atoms with E-state index in [-0.39, 0.29) is 0 Å². The summed E-state index contributed by atoms with van der Waals surface area (Å²) in [6.45, 7) is 7.67. The molecule has 0 spiro atoms. The molecule has 0 saturated carbocycles. The molecule has 1 nitrogen and oxygen atoms in total. The first kappa shape index (κ1) is 10.4. The standard InChI is InChI=1S/C5H5B.C4H10O/c1-2-4-6-5-3-1;1-3-5-4-2/h1-5H;3-4H2,1-2H3. The molecule has 60 valence electrons. The van der Waals surface area contributed by atoms with Gasteiger partial charge >= 0.3 is 37.0 Å². The van der Waals surface area contributed by atoms with Gasteiger partial charge in [-0.3, -0.25) is 0 Å². The maximum absolute atomic E-state index is 4.83. The third-order valence-corrected chi connectivity index (χ3v) is 1.07. The van der Waals surface area contributed by atoms with E-state index < -0.39 is 0 Å².